The molecule has 0 fully saturated rings. The molecule has 6 heavy (non-hydrogen) atoms. The fraction of sp³-hybridized carbons (Fsp3) is 1.00. The van der Waals surface area contributed by atoms with Gasteiger partial charge >= 0.3 is 5.80 Å². The Kier molecular flexibility index (Phi) is 1.93. The first-order chi connectivity index (χ1) is 2.56. The second kappa shape index (κ2) is 1.84. The van der Waals surface area contributed by atoms with Crippen LogP contribution in [0.25, 0.3) is 0 Å². The van der Waals surface area contributed by atoms with E-state index in [9.17, 15) is 13.2 Å². The number of hydrogen-bond donors (Lipinski definition) is 0. The first-order valence-corrected chi connectivity index (χ1v) is 4.03. The number of alkyl halides is 3. The van der Waals surface area contributed by atoms with Crippen molar-refractivity contribution in [2.45, 2.75) is 5.80 Å². The molecule has 0 aromatic rings. The largest absolute Gasteiger partial charge is 0.371 e. The second-order valence-electron chi connectivity index (χ2n) is 0.749. The van der Waals surface area contributed by atoms with Crippen LogP contribution < -0.4 is 0 Å². The molecule has 5 heteroatoms. The highest BCUT2D eigenvalue weighted by molar-refractivity contribution is 6.94. The number of hydrogen-bond acceptors (Lipinski definition) is 0. The molecule has 0 rings (SSSR count). The Bertz CT molecular complexity index is 40.5. The van der Waals surface area contributed by atoms with Crippen LogP contribution in [0.2, 0.25) is 0 Å². The number of rotatable bonds is 0. The van der Waals surface area contributed by atoms with Crippen molar-refractivity contribution in [3.8, 4) is 0 Å². The predicted molar refractivity (Wildman–Crippen MR) is 20.5 cm³/mol. The standard InChI is InChI=1S/CH2ClF3Si/c2-6-1(3,4)5/h6H2. The molecule has 0 amide bonds. The van der Waals surface area contributed by atoms with Crippen molar-refractivity contribution in [1.82, 2.24) is 0 Å². The summed E-state index contributed by atoms with van der Waals surface area (Å²) < 4.78 is 32.1. The monoisotopic (exact) mass is 134 g/mol. The molecule has 0 atom stereocenters. The molecule has 0 nitrogen and oxygen atoms in total. The van der Waals surface area contributed by atoms with Crippen molar-refractivity contribution in [1.29, 1.82) is 0 Å². The summed E-state index contributed by atoms with van der Waals surface area (Å²) in [6.45, 7) is 0. The lowest BCUT2D eigenvalue weighted by molar-refractivity contribution is -0.0445. The minimum atomic E-state index is -4.05. The maximum Gasteiger partial charge on any atom is 0.371 e. The van der Waals surface area contributed by atoms with Gasteiger partial charge in [0.25, 0.3) is 0 Å². The van der Waals surface area contributed by atoms with Crippen LogP contribution in [0.4, 0.5) is 13.2 Å². The van der Waals surface area contributed by atoms with E-state index in [0.29, 0.717) is 0 Å². The van der Waals surface area contributed by atoms with Crippen molar-refractivity contribution >= 4 is 19.9 Å². The van der Waals surface area contributed by atoms with Gasteiger partial charge in [-0.05, 0) is 0 Å². The van der Waals surface area contributed by atoms with E-state index < -0.39 is 14.6 Å². The van der Waals surface area contributed by atoms with Gasteiger partial charge in [0.2, 0.25) is 8.83 Å². The topological polar surface area (TPSA) is 0 Å². The van der Waals surface area contributed by atoms with E-state index in [1.54, 1.807) is 0 Å². The van der Waals surface area contributed by atoms with Crippen molar-refractivity contribution in [3.63, 3.8) is 0 Å². The second-order valence-corrected chi connectivity index (χ2v) is 2.62. The summed E-state index contributed by atoms with van der Waals surface area (Å²) >= 11 is 4.49. The van der Waals surface area contributed by atoms with E-state index in [-0.39, 0.29) is 0 Å². The van der Waals surface area contributed by atoms with Crippen LogP contribution in [-0.2, 0) is 0 Å². The van der Waals surface area contributed by atoms with Crippen LogP contribution in [0, 0.1) is 0 Å². The van der Waals surface area contributed by atoms with Gasteiger partial charge in [-0.2, -0.15) is 24.3 Å². The minimum absolute atomic E-state index is 2.28. The van der Waals surface area contributed by atoms with Crippen molar-refractivity contribution in [2.24, 2.45) is 0 Å². The Morgan fingerprint density at radius 3 is 1.50 bits per heavy atom. The van der Waals surface area contributed by atoms with Crippen molar-refractivity contribution in [3.05, 3.63) is 0 Å². The van der Waals surface area contributed by atoms with Crippen LogP contribution in [0.5, 0.6) is 0 Å². The van der Waals surface area contributed by atoms with Crippen LogP contribution in [0.3, 0.4) is 0 Å². The zero-order chi connectivity index (χ0) is 5.21. The summed E-state index contributed by atoms with van der Waals surface area (Å²) in [5, 5.41) is 0. The third-order valence-electron chi connectivity index (χ3n) is 0.152. The highest BCUT2D eigenvalue weighted by Gasteiger charge is 2.25. The van der Waals surface area contributed by atoms with Crippen LogP contribution >= 0.6 is 11.1 Å². The van der Waals surface area contributed by atoms with Crippen LogP contribution in [0.1, 0.15) is 0 Å². The summed E-state index contributed by atoms with van der Waals surface area (Å²) in [6, 6.07) is 0. The predicted octanol–water partition coefficient (Wildman–Crippen LogP) is 0.829. The van der Waals surface area contributed by atoms with Gasteiger partial charge in [0.1, 0.15) is 0 Å². The van der Waals surface area contributed by atoms with E-state index >= 15 is 0 Å². The zero-order valence-corrected chi connectivity index (χ0v) is 4.89. The molecule has 0 radical (unpaired) electrons. The van der Waals surface area contributed by atoms with E-state index in [2.05, 4.69) is 11.1 Å². The minimum Gasteiger partial charge on any atom is -0.176 e. The maximum absolute atomic E-state index is 10.7. The van der Waals surface area contributed by atoms with Crippen molar-refractivity contribution < 1.29 is 13.2 Å². The summed E-state index contributed by atoms with van der Waals surface area (Å²) in [4.78, 5) is 0. The highest BCUT2D eigenvalue weighted by Crippen LogP contribution is 2.12. The molecule has 0 heterocycles. The summed E-state index contributed by atoms with van der Waals surface area (Å²) in [5.41, 5.74) is 0. The van der Waals surface area contributed by atoms with Crippen LogP contribution in [0.15, 0.2) is 0 Å². The first kappa shape index (κ1) is 6.30. The van der Waals surface area contributed by atoms with Gasteiger partial charge in [-0.25, -0.2) is 0 Å². The third-order valence-corrected chi connectivity index (χ3v) is 1.36. The fourth-order valence-corrected chi connectivity index (χ4v) is 0. The molecule has 0 aromatic carbocycles. The molecule has 0 aromatic heterocycles. The Morgan fingerprint density at radius 2 is 1.50 bits per heavy atom. The fourth-order valence-electron chi connectivity index (χ4n) is 0. The van der Waals surface area contributed by atoms with Gasteiger partial charge < -0.3 is 0 Å². The lowest BCUT2D eigenvalue weighted by Crippen LogP contribution is -2.11. The summed E-state index contributed by atoms with van der Waals surface area (Å²) in [5.74, 6) is -4.05. The first-order valence-electron chi connectivity index (χ1n) is 1.19. The lowest BCUT2D eigenvalue weighted by atomic mass is 11.5. The molecule has 38 valence electrons. The molecular weight excluding hydrogens is 133 g/mol. The normalized spacial score (nSPS) is 14.0. The average molecular weight is 135 g/mol. The van der Waals surface area contributed by atoms with E-state index in [0.717, 1.165) is 0 Å². The highest BCUT2D eigenvalue weighted by atomic mass is 35.6. The number of halogens is 4. The van der Waals surface area contributed by atoms with Crippen molar-refractivity contribution in [2.75, 3.05) is 0 Å². The molecular formula is CH2ClF3Si. The molecule has 0 aliphatic rings. The molecule has 0 N–H and O–H groups in total. The Balaban J connectivity index is 3.17. The molecule has 0 saturated carbocycles. The SMILES string of the molecule is FC(F)(F)[SiH2]Cl. The molecule has 0 spiro atoms. The molecule has 0 aliphatic heterocycles. The van der Waals surface area contributed by atoms with Gasteiger partial charge in [-0.3, -0.25) is 0 Å². The van der Waals surface area contributed by atoms with Gasteiger partial charge in [-0.15, -0.1) is 0 Å². The molecule has 0 unspecified atom stereocenters. The van der Waals surface area contributed by atoms with Gasteiger partial charge in [-0.1, -0.05) is 0 Å². The van der Waals surface area contributed by atoms with E-state index in [1.165, 1.54) is 0 Å². The third kappa shape index (κ3) is 4.30. The average Bonchev–Trinajstić information content (AvgIpc) is 1.35. The smallest absolute Gasteiger partial charge is 0.176 e. The quantitative estimate of drug-likeness (QED) is 0.340. The molecule has 0 saturated heterocycles. The Labute approximate surface area is 39.8 Å². The maximum atomic E-state index is 10.7. The summed E-state index contributed by atoms with van der Waals surface area (Å²) in [7, 11) is -2.28. The van der Waals surface area contributed by atoms with Crippen LogP contribution in [-0.4, -0.2) is 14.6 Å². The Hall–Kier alpha value is 0.297. The van der Waals surface area contributed by atoms with Gasteiger partial charge in [0.15, 0.2) is 0 Å². The zero-order valence-electron chi connectivity index (χ0n) is 2.72. The molecule has 0 bridgehead atoms. The molecule has 0 aliphatic carbocycles. The van der Waals surface area contributed by atoms with E-state index in [1.807, 2.05) is 0 Å². The van der Waals surface area contributed by atoms with Gasteiger partial charge in [0, 0.05) is 0 Å². The van der Waals surface area contributed by atoms with Gasteiger partial charge in [0.05, 0.1) is 0 Å². The van der Waals surface area contributed by atoms with E-state index in [4.69, 9.17) is 0 Å². The summed E-state index contributed by atoms with van der Waals surface area (Å²) in [6.07, 6.45) is 0. The Morgan fingerprint density at radius 1 is 1.33 bits per heavy atom. The lowest BCUT2D eigenvalue weighted by Gasteiger charge is -1.94.